The van der Waals surface area contributed by atoms with E-state index in [1.54, 1.807) is 0 Å². The van der Waals surface area contributed by atoms with Crippen molar-refractivity contribution in [1.82, 2.24) is 0 Å². The van der Waals surface area contributed by atoms with Gasteiger partial charge in [-0.05, 0) is 24.7 Å². The Kier molecular flexibility index (Phi) is 6.54. The van der Waals surface area contributed by atoms with Crippen molar-refractivity contribution in [2.75, 3.05) is 20.3 Å². The second-order valence-corrected chi connectivity index (χ2v) is 4.67. The molecular weight excluding hydrogens is 180 g/mol. The molecule has 0 aliphatic heterocycles. The molecule has 0 atom stereocenters. The highest BCUT2D eigenvalue weighted by atomic mass is 16.6. The first kappa shape index (κ1) is 13.4. The van der Waals surface area contributed by atoms with Crippen molar-refractivity contribution in [3.8, 4) is 0 Å². The Bertz CT molecular complexity index is 158. The second kappa shape index (κ2) is 6.82. The number of esters is 1. The topological polar surface area (TPSA) is 35.5 Å². The molecule has 0 fully saturated rings. The van der Waals surface area contributed by atoms with E-state index in [2.05, 4.69) is 25.5 Å². The Hall–Kier alpha value is -0.570. The van der Waals surface area contributed by atoms with Crippen LogP contribution in [0, 0.1) is 5.41 Å². The van der Waals surface area contributed by atoms with Gasteiger partial charge in [0.25, 0.3) is 0 Å². The van der Waals surface area contributed by atoms with Gasteiger partial charge >= 0.3 is 5.97 Å². The Morgan fingerprint density at radius 3 is 2.36 bits per heavy atom. The predicted molar refractivity (Wildman–Crippen MR) is 56.1 cm³/mol. The summed E-state index contributed by atoms with van der Waals surface area (Å²) >= 11 is 0. The zero-order valence-electron chi connectivity index (χ0n) is 9.76. The van der Waals surface area contributed by atoms with Crippen LogP contribution in [0.15, 0.2) is 0 Å². The molecule has 0 N–H and O–H groups in total. The smallest absolute Gasteiger partial charge is 0.332 e. The summed E-state index contributed by atoms with van der Waals surface area (Å²) < 4.78 is 9.57. The van der Waals surface area contributed by atoms with Crippen LogP contribution in [0.4, 0.5) is 0 Å². The molecule has 0 bridgehead atoms. The molecule has 3 heteroatoms. The highest BCUT2D eigenvalue weighted by Gasteiger charge is 2.09. The average molecular weight is 202 g/mol. The van der Waals surface area contributed by atoms with E-state index in [0.717, 1.165) is 19.3 Å². The molecule has 84 valence electrons. The number of carbonyl (C=O) groups excluding carboxylic acids is 1. The molecule has 0 rings (SSSR count). The summed E-state index contributed by atoms with van der Waals surface area (Å²) in [4.78, 5) is 10.9. The molecule has 14 heavy (non-hydrogen) atoms. The molecular formula is C11H22O3. The molecule has 0 aliphatic carbocycles. The number of hydrogen-bond acceptors (Lipinski definition) is 3. The highest BCUT2D eigenvalue weighted by Crippen LogP contribution is 2.21. The normalized spacial score (nSPS) is 11.4. The molecule has 0 spiro atoms. The number of hydrogen-bond donors (Lipinski definition) is 0. The van der Waals surface area contributed by atoms with Gasteiger partial charge in [-0.2, -0.15) is 0 Å². The lowest BCUT2D eigenvalue weighted by Gasteiger charge is -2.17. The molecule has 0 unspecified atom stereocenters. The quantitative estimate of drug-likeness (QED) is 0.490. The van der Waals surface area contributed by atoms with E-state index in [1.165, 1.54) is 7.11 Å². The summed E-state index contributed by atoms with van der Waals surface area (Å²) in [5, 5.41) is 0. The molecule has 0 aromatic rings. The highest BCUT2D eigenvalue weighted by molar-refractivity contribution is 5.70. The van der Waals surface area contributed by atoms with Crippen LogP contribution in [-0.2, 0) is 14.3 Å². The maximum absolute atomic E-state index is 10.9. The van der Waals surface area contributed by atoms with E-state index < -0.39 is 0 Å². The van der Waals surface area contributed by atoms with Crippen molar-refractivity contribution in [3.63, 3.8) is 0 Å². The molecule has 0 radical (unpaired) electrons. The third-order valence-corrected chi connectivity index (χ3v) is 1.85. The number of carbonyl (C=O) groups is 1. The lowest BCUT2D eigenvalue weighted by atomic mass is 9.90. The van der Waals surface area contributed by atoms with Gasteiger partial charge in [-0.25, -0.2) is 4.79 Å². The molecule has 0 aromatic carbocycles. The first-order valence-electron chi connectivity index (χ1n) is 5.10. The molecule has 0 saturated heterocycles. The van der Waals surface area contributed by atoms with Crippen LogP contribution < -0.4 is 0 Å². The Morgan fingerprint density at radius 1 is 1.21 bits per heavy atom. The van der Waals surface area contributed by atoms with Gasteiger partial charge < -0.3 is 9.47 Å². The van der Waals surface area contributed by atoms with Gasteiger partial charge in [0.2, 0.25) is 0 Å². The summed E-state index contributed by atoms with van der Waals surface area (Å²) in [5.41, 5.74) is 0.372. The van der Waals surface area contributed by atoms with Crippen molar-refractivity contribution in [2.24, 2.45) is 5.41 Å². The van der Waals surface area contributed by atoms with Gasteiger partial charge in [0, 0.05) is 7.11 Å². The fourth-order valence-corrected chi connectivity index (χ4v) is 1.10. The van der Waals surface area contributed by atoms with Crippen molar-refractivity contribution in [3.05, 3.63) is 0 Å². The van der Waals surface area contributed by atoms with Crippen molar-refractivity contribution in [1.29, 1.82) is 0 Å². The van der Waals surface area contributed by atoms with E-state index in [-0.39, 0.29) is 12.6 Å². The van der Waals surface area contributed by atoms with Crippen LogP contribution in [0.1, 0.15) is 40.0 Å². The van der Waals surface area contributed by atoms with Gasteiger partial charge in [0.1, 0.15) is 6.61 Å². The average Bonchev–Trinajstić information content (AvgIpc) is 2.02. The van der Waals surface area contributed by atoms with Gasteiger partial charge in [0.05, 0.1) is 6.61 Å². The summed E-state index contributed by atoms with van der Waals surface area (Å²) in [5.74, 6) is -0.275. The van der Waals surface area contributed by atoms with E-state index >= 15 is 0 Å². The van der Waals surface area contributed by atoms with Crippen LogP contribution in [0.5, 0.6) is 0 Å². The van der Waals surface area contributed by atoms with E-state index in [9.17, 15) is 4.79 Å². The largest absolute Gasteiger partial charge is 0.464 e. The van der Waals surface area contributed by atoms with Gasteiger partial charge in [-0.15, -0.1) is 0 Å². The first-order valence-corrected chi connectivity index (χ1v) is 5.10. The molecule has 0 saturated carbocycles. The minimum Gasteiger partial charge on any atom is -0.464 e. The van der Waals surface area contributed by atoms with Crippen LogP contribution in [-0.4, -0.2) is 26.3 Å². The summed E-state index contributed by atoms with van der Waals surface area (Å²) in [6.07, 6.45) is 3.20. The summed E-state index contributed by atoms with van der Waals surface area (Å²) in [6.45, 7) is 7.20. The molecule has 0 heterocycles. The maximum Gasteiger partial charge on any atom is 0.332 e. The first-order chi connectivity index (χ1) is 6.45. The summed E-state index contributed by atoms with van der Waals surface area (Å²) in [6, 6.07) is 0. The maximum atomic E-state index is 10.9. The van der Waals surface area contributed by atoms with Crippen LogP contribution in [0.3, 0.4) is 0 Å². The number of ether oxygens (including phenoxy) is 2. The molecule has 0 aliphatic rings. The third-order valence-electron chi connectivity index (χ3n) is 1.85. The zero-order chi connectivity index (χ0) is 11.0. The van der Waals surface area contributed by atoms with Crippen LogP contribution >= 0.6 is 0 Å². The SMILES string of the molecule is COCC(=O)OCCCCC(C)(C)C. The Balaban J connectivity index is 3.26. The van der Waals surface area contributed by atoms with Crippen molar-refractivity contribution in [2.45, 2.75) is 40.0 Å². The van der Waals surface area contributed by atoms with Crippen molar-refractivity contribution >= 4 is 5.97 Å². The molecule has 0 amide bonds. The van der Waals surface area contributed by atoms with E-state index in [4.69, 9.17) is 4.74 Å². The minimum atomic E-state index is -0.275. The zero-order valence-corrected chi connectivity index (χ0v) is 9.76. The molecule has 0 aromatic heterocycles. The number of unbranched alkanes of at least 4 members (excludes halogenated alkanes) is 1. The van der Waals surface area contributed by atoms with Crippen molar-refractivity contribution < 1.29 is 14.3 Å². The fourth-order valence-electron chi connectivity index (χ4n) is 1.10. The lowest BCUT2D eigenvalue weighted by molar-refractivity contribution is -0.148. The minimum absolute atomic E-state index is 0.0548. The standard InChI is InChI=1S/C11H22O3/c1-11(2,3)7-5-6-8-14-10(12)9-13-4/h5-9H2,1-4H3. The van der Waals surface area contributed by atoms with Gasteiger partial charge in [-0.1, -0.05) is 20.8 Å². The third kappa shape index (κ3) is 9.52. The molecule has 3 nitrogen and oxygen atoms in total. The number of rotatable bonds is 6. The predicted octanol–water partition coefficient (Wildman–Crippen LogP) is 2.39. The monoisotopic (exact) mass is 202 g/mol. The second-order valence-electron chi connectivity index (χ2n) is 4.67. The van der Waals surface area contributed by atoms with Crippen LogP contribution in [0.2, 0.25) is 0 Å². The summed E-state index contributed by atoms with van der Waals surface area (Å²) in [7, 11) is 1.49. The van der Waals surface area contributed by atoms with Gasteiger partial charge in [-0.3, -0.25) is 0 Å². The lowest BCUT2D eigenvalue weighted by Crippen LogP contribution is -2.12. The fraction of sp³-hybridized carbons (Fsp3) is 0.909. The Morgan fingerprint density at radius 2 is 1.86 bits per heavy atom. The van der Waals surface area contributed by atoms with E-state index in [1.807, 2.05) is 0 Å². The number of methoxy groups -OCH3 is 1. The van der Waals surface area contributed by atoms with Crippen LogP contribution in [0.25, 0.3) is 0 Å². The Labute approximate surface area is 86.8 Å². The van der Waals surface area contributed by atoms with Gasteiger partial charge in [0.15, 0.2) is 0 Å². The van der Waals surface area contributed by atoms with E-state index in [0.29, 0.717) is 12.0 Å².